The highest BCUT2D eigenvalue weighted by Crippen LogP contribution is 2.43. The Kier molecular flexibility index (Phi) is 5.28. The molecule has 0 radical (unpaired) electrons. The van der Waals surface area contributed by atoms with Crippen LogP contribution < -0.4 is 9.64 Å². The lowest BCUT2D eigenvalue weighted by Crippen LogP contribution is -2.42. The summed E-state index contributed by atoms with van der Waals surface area (Å²) >= 11 is 6.38. The third-order valence-corrected chi connectivity index (χ3v) is 7.39. The minimum absolute atomic E-state index is 0.195. The number of anilines is 1. The van der Waals surface area contributed by atoms with Crippen LogP contribution in [-0.2, 0) is 11.0 Å². The molecule has 1 aromatic carbocycles. The molecule has 0 saturated carbocycles. The molecule has 1 unspecified atom stereocenters. The first kappa shape index (κ1) is 19.5. The van der Waals surface area contributed by atoms with Gasteiger partial charge in [0.1, 0.15) is 16.7 Å². The van der Waals surface area contributed by atoms with Crippen LogP contribution in [0, 0.1) is 17.7 Å². The maximum Gasteiger partial charge on any atom is 0.139 e. The zero-order chi connectivity index (χ0) is 19.9. The Bertz CT molecular complexity index is 946. The predicted octanol–water partition coefficient (Wildman–Crippen LogP) is 3.16. The van der Waals surface area contributed by atoms with Crippen LogP contribution in [0.2, 0.25) is 5.02 Å². The quantitative estimate of drug-likeness (QED) is 0.605. The fraction of sp³-hybridized carbons (Fsp3) is 0.526. The van der Waals surface area contributed by atoms with E-state index in [9.17, 15) is 4.21 Å². The van der Waals surface area contributed by atoms with Crippen LogP contribution in [0.3, 0.4) is 0 Å². The number of aromatic nitrogens is 2. The first-order chi connectivity index (χ1) is 13.5. The summed E-state index contributed by atoms with van der Waals surface area (Å²) in [5.41, 5.74) is 3.98. The fourth-order valence-corrected chi connectivity index (χ4v) is 5.54. The van der Waals surface area contributed by atoms with Gasteiger partial charge in [-0.05, 0) is 37.7 Å². The summed E-state index contributed by atoms with van der Waals surface area (Å²) in [4.78, 5) is 2.37. The zero-order valence-corrected chi connectivity index (χ0v) is 17.6. The van der Waals surface area contributed by atoms with Crippen molar-refractivity contribution in [2.45, 2.75) is 26.2 Å². The summed E-state index contributed by atoms with van der Waals surface area (Å²) in [6.45, 7) is 5.41. The van der Waals surface area contributed by atoms with Crippen LogP contribution in [0.1, 0.15) is 25.0 Å². The molecule has 0 bridgehead atoms. The highest BCUT2D eigenvalue weighted by Gasteiger charge is 2.42. The smallest absolute Gasteiger partial charge is 0.139 e. The molecule has 7 nitrogen and oxygen atoms in total. The summed E-state index contributed by atoms with van der Waals surface area (Å²) in [6.07, 6.45) is 3.11. The molecule has 2 aliphatic rings. The lowest BCUT2D eigenvalue weighted by atomic mass is 9.77. The second kappa shape index (κ2) is 7.57. The summed E-state index contributed by atoms with van der Waals surface area (Å²) in [5, 5.41) is 17.5. The number of ether oxygens (including phenoxy) is 1. The van der Waals surface area contributed by atoms with Crippen molar-refractivity contribution >= 4 is 44.7 Å². The monoisotopic (exact) mass is 421 g/mol. The lowest BCUT2D eigenvalue weighted by Gasteiger charge is -2.40. The molecule has 2 fully saturated rings. The number of rotatable bonds is 4. The highest BCUT2D eigenvalue weighted by atomic mass is 35.5. The van der Waals surface area contributed by atoms with Gasteiger partial charge in [-0.3, -0.25) is 5.41 Å². The largest absolute Gasteiger partial charge is 0.495 e. The van der Waals surface area contributed by atoms with Gasteiger partial charge in [-0.25, -0.2) is 8.51 Å². The van der Waals surface area contributed by atoms with E-state index in [1.165, 1.54) is 0 Å². The third-order valence-electron chi connectivity index (χ3n) is 6.07. The Morgan fingerprint density at radius 1 is 1.25 bits per heavy atom. The molecule has 1 N–H and O–H groups in total. The van der Waals surface area contributed by atoms with Crippen molar-refractivity contribution in [3.63, 3.8) is 0 Å². The van der Waals surface area contributed by atoms with Gasteiger partial charge in [0.25, 0.3) is 0 Å². The maximum atomic E-state index is 11.9. The molecule has 0 amide bonds. The van der Waals surface area contributed by atoms with E-state index in [1.54, 1.807) is 7.11 Å². The van der Waals surface area contributed by atoms with Crippen LogP contribution in [-0.4, -0.2) is 57.5 Å². The second-order valence-corrected chi connectivity index (χ2v) is 9.34. The van der Waals surface area contributed by atoms with Crippen LogP contribution in [0.5, 0.6) is 5.75 Å². The van der Waals surface area contributed by atoms with E-state index in [1.807, 2.05) is 23.4 Å². The first-order valence-electron chi connectivity index (χ1n) is 9.38. The van der Waals surface area contributed by atoms with E-state index in [2.05, 4.69) is 15.1 Å². The number of piperidine rings is 1. The Labute approximate surface area is 172 Å². The van der Waals surface area contributed by atoms with Crippen molar-refractivity contribution in [3.8, 4) is 5.75 Å². The third kappa shape index (κ3) is 3.38. The average molecular weight is 422 g/mol. The number of nitrogens with one attached hydrogen (secondary N) is 1. The van der Waals surface area contributed by atoms with Crippen molar-refractivity contribution in [2.75, 3.05) is 38.2 Å². The van der Waals surface area contributed by atoms with Gasteiger partial charge < -0.3 is 9.64 Å². The lowest BCUT2D eigenvalue weighted by molar-refractivity contribution is 0.236. The van der Waals surface area contributed by atoms with E-state index in [-0.39, 0.29) is 5.41 Å². The molecule has 28 heavy (non-hydrogen) atoms. The number of benzene rings is 1. The van der Waals surface area contributed by atoms with Crippen molar-refractivity contribution in [1.29, 1.82) is 5.41 Å². The van der Waals surface area contributed by atoms with Gasteiger partial charge in [-0.1, -0.05) is 11.6 Å². The Hall–Kier alpha value is -1.77. The second-order valence-electron chi connectivity index (χ2n) is 7.63. The minimum atomic E-state index is -1.29. The van der Waals surface area contributed by atoms with Crippen LogP contribution in [0.4, 0.5) is 5.69 Å². The van der Waals surface area contributed by atoms with E-state index in [0.717, 1.165) is 73.3 Å². The SMILES string of the molecule is COc1cc2nnc(C)c(N3CCC4(CC3)CCN(S(=O)C=N)C4)c2cc1Cl. The highest BCUT2D eigenvalue weighted by molar-refractivity contribution is 7.96. The zero-order valence-electron chi connectivity index (χ0n) is 16.1. The van der Waals surface area contributed by atoms with Crippen LogP contribution in [0.15, 0.2) is 12.1 Å². The number of halogens is 1. The fourth-order valence-electron chi connectivity index (χ4n) is 4.48. The maximum absolute atomic E-state index is 11.9. The van der Waals surface area contributed by atoms with Gasteiger partial charge in [0.2, 0.25) is 0 Å². The van der Waals surface area contributed by atoms with E-state index >= 15 is 0 Å². The molecule has 3 heterocycles. The molecule has 1 aromatic heterocycles. The predicted molar refractivity (Wildman–Crippen MR) is 113 cm³/mol. The summed E-state index contributed by atoms with van der Waals surface area (Å²) < 4.78 is 19.2. The molecule has 1 atom stereocenters. The molecular weight excluding hydrogens is 398 g/mol. The molecule has 4 rings (SSSR count). The molecule has 1 spiro atoms. The van der Waals surface area contributed by atoms with Crippen molar-refractivity contribution in [2.24, 2.45) is 5.41 Å². The number of aryl methyl sites for hydroxylation is 1. The van der Waals surface area contributed by atoms with E-state index < -0.39 is 11.0 Å². The normalized spacial score (nSPS) is 20.6. The molecule has 2 aliphatic heterocycles. The standard InChI is InChI=1S/C19H24ClN5O2S/c1-13-18(14-9-15(20)17(27-2)10-16(14)23-22-13)24-6-3-19(4-7-24)5-8-25(11-19)28(26)12-21/h9-10,12,21H,3-8,11H2,1-2H3. The van der Waals surface area contributed by atoms with Crippen molar-refractivity contribution in [1.82, 2.24) is 14.5 Å². The van der Waals surface area contributed by atoms with Crippen molar-refractivity contribution < 1.29 is 8.95 Å². The Morgan fingerprint density at radius 3 is 2.64 bits per heavy atom. The van der Waals surface area contributed by atoms with Gasteiger partial charge >= 0.3 is 0 Å². The van der Waals surface area contributed by atoms with Gasteiger partial charge in [-0.2, -0.15) is 5.10 Å². The average Bonchev–Trinajstić information content (AvgIpc) is 3.12. The van der Waals surface area contributed by atoms with E-state index in [4.69, 9.17) is 21.7 Å². The number of hydrogen-bond acceptors (Lipinski definition) is 6. The number of fused-ring (bicyclic) bond motifs is 1. The Morgan fingerprint density at radius 2 is 1.96 bits per heavy atom. The van der Waals surface area contributed by atoms with Crippen LogP contribution >= 0.6 is 11.6 Å². The molecule has 2 aromatic rings. The Balaban J connectivity index is 1.59. The van der Waals surface area contributed by atoms with Crippen molar-refractivity contribution in [3.05, 3.63) is 22.8 Å². The molecule has 0 aliphatic carbocycles. The summed E-state index contributed by atoms with van der Waals surface area (Å²) in [7, 11) is 0.307. The summed E-state index contributed by atoms with van der Waals surface area (Å²) in [6, 6.07) is 3.75. The van der Waals surface area contributed by atoms with Gasteiger partial charge in [0.05, 0.1) is 34.6 Å². The molecule has 2 saturated heterocycles. The molecule has 9 heteroatoms. The van der Waals surface area contributed by atoms with Gasteiger partial charge in [0, 0.05) is 37.6 Å². The van der Waals surface area contributed by atoms with E-state index in [0.29, 0.717) is 10.8 Å². The van der Waals surface area contributed by atoms with Gasteiger partial charge in [0.15, 0.2) is 0 Å². The van der Waals surface area contributed by atoms with Gasteiger partial charge in [-0.15, -0.1) is 5.10 Å². The first-order valence-corrected chi connectivity index (χ1v) is 10.9. The topological polar surface area (TPSA) is 82.4 Å². The molecule has 150 valence electrons. The number of hydrogen-bond donors (Lipinski definition) is 1. The van der Waals surface area contributed by atoms with Crippen LogP contribution in [0.25, 0.3) is 10.9 Å². The molecular formula is C19H24ClN5O2S. The number of methoxy groups -OCH3 is 1. The number of nitrogens with zero attached hydrogens (tertiary/aromatic N) is 4. The minimum Gasteiger partial charge on any atom is -0.495 e. The summed E-state index contributed by atoms with van der Waals surface area (Å²) in [5.74, 6) is 0.598.